The van der Waals surface area contributed by atoms with E-state index in [2.05, 4.69) is 4.98 Å². The first kappa shape index (κ1) is 8.97. The van der Waals surface area contributed by atoms with Crippen molar-refractivity contribution in [2.24, 2.45) is 0 Å². The van der Waals surface area contributed by atoms with Gasteiger partial charge in [0, 0.05) is 5.56 Å². The Hall–Kier alpha value is -2.29. The summed E-state index contributed by atoms with van der Waals surface area (Å²) in [6.45, 7) is 0. The van der Waals surface area contributed by atoms with Crippen molar-refractivity contribution in [3.63, 3.8) is 0 Å². The minimum Gasteiger partial charge on any atom is -0.471 e. The van der Waals surface area contributed by atoms with Crippen LogP contribution in [0.3, 0.4) is 0 Å². The van der Waals surface area contributed by atoms with Crippen LogP contribution >= 0.6 is 0 Å². The zero-order valence-electron chi connectivity index (χ0n) is 8.46. The van der Waals surface area contributed by atoms with E-state index >= 15 is 0 Å². The Balaban J connectivity index is 2.14. The van der Waals surface area contributed by atoms with Crippen molar-refractivity contribution in [1.29, 1.82) is 0 Å². The summed E-state index contributed by atoms with van der Waals surface area (Å²) in [4.78, 5) is 4.12. The van der Waals surface area contributed by atoms with Gasteiger partial charge in [-0.2, -0.15) is 0 Å². The van der Waals surface area contributed by atoms with Crippen LogP contribution in [0.1, 0.15) is 0 Å². The number of hydrogen-bond acceptors (Lipinski definition) is 3. The first-order chi connectivity index (χ1) is 7.95. The summed E-state index contributed by atoms with van der Waals surface area (Å²) in [5.74, 6) is 0.576. The second-order valence-electron chi connectivity index (χ2n) is 3.40. The predicted octanol–water partition coefficient (Wildman–Crippen LogP) is 3.60. The molecule has 0 aliphatic rings. The summed E-state index contributed by atoms with van der Waals surface area (Å²) in [6.07, 6.45) is 6.53. The molecule has 0 bridgehead atoms. The largest absolute Gasteiger partial charge is 0.471 e. The molecule has 0 atom stereocenters. The predicted molar refractivity (Wildman–Crippen MR) is 59.6 cm³/mol. The highest BCUT2D eigenvalue weighted by atomic mass is 16.3. The fourth-order valence-corrected chi connectivity index (χ4v) is 1.66. The molecule has 0 saturated carbocycles. The van der Waals surface area contributed by atoms with Crippen LogP contribution in [0.25, 0.3) is 22.6 Å². The summed E-state index contributed by atoms with van der Waals surface area (Å²) in [6, 6.07) is 10.0. The van der Waals surface area contributed by atoms with Gasteiger partial charge >= 0.3 is 0 Å². The van der Waals surface area contributed by atoms with Crippen LogP contribution in [0.4, 0.5) is 0 Å². The highest BCUT2D eigenvalue weighted by Gasteiger charge is 2.12. The lowest BCUT2D eigenvalue weighted by atomic mass is 10.1. The molecule has 0 aliphatic heterocycles. The van der Waals surface area contributed by atoms with E-state index in [1.807, 2.05) is 30.3 Å². The number of aromatic nitrogens is 1. The molecule has 16 heavy (non-hydrogen) atoms. The van der Waals surface area contributed by atoms with Gasteiger partial charge in [-0.05, 0) is 5.56 Å². The summed E-state index contributed by atoms with van der Waals surface area (Å²) in [5.41, 5.74) is 2.95. The molecule has 2 aromatic heterocycles. The molecule has 2 heterocycles. The zero-order valence-corrected chi connectivity index (χ0v) is 8.46. The monoisotopic (exact) mass is 211 g/mol. The van der Waals surface area contributed by atoms with Gasteiger partial charge in [0.05, 0.1) is 18.0 Å². The van der Waals surface area contributed by atoms with Crippen LogP contribution in [0.2, 0.25) is 0 Å². The molecule has 0 saturated heterocycles. The highest BCUT2D eigenvalue weighted by molar-refractivity contribution is 5.78. The third kappa shape index (κ3) is 1.42. The van der Waals surface area contributed by atoms with Crippen LogP contribution in [-0.2, 0) is 0 Å². The summed E-state index contributed by atoms with van der Waals surface area (Å²) < 4.78 is 10.5. The van der Waals surface area contributed by atoms with Crippen LogP contribution < -0.4 is 0 Å². The standard InChI is InChI=1S/C13H9NO2/c1-2-4-10(5-3-1)11-8-15-9-12(11)13-14-6-7-16-13/h1-9H. The molecule has 0 amide bonds. The van der Waals surface area contributed by atoms with Gasteiger partial charge < -0.3 is 8.83 Å². The van der Waals surface area contributed by atoms with E-state index in [4.69, 9.17) is 8.83 Å². The van der Waals surface area contributed by atoms with Gasteiger partial charge in [-0.3, -0.25) is 0 Å². The van der Waals surface area contributed by atoms with E-state index in [0.717, 1.165) is 16.7 Å². The molecule has 0 fully saturated rings. The maximum Gasteiger partial charge on any atom is 0.229 e. The van der Waals surface area contributed by atoms with Crippen molar-refractivity contribution < 1.29 is 8.83 Å². The average Bonchev–Trinajstić information content (AvgIpc) is 3.01. The van der Waals surface area contributed by atoms with Gasteiger partial charge in [0.25, 0.3) is 0 Å². The second kappa shape index (κ2) is 3.70. The van der Waals surface area contributed by atoms with E-state index in [0.29, 0.717) is 5.89 Å². The first-order valence-corrected chi connectivity index (χ1v) is 4.96. The molecule has 3 nitrogen and oxygen atoms in total. The van der Waals surface area contributed by atoms with Gasteiger partial charge in [-0.1, -0.05) is 30.3 Å². The van der Waals surface area contributed by atoms with E-state index in [-0.39, 0.29) is 0 Å². The second-order valence-corrected chi connectivity index (χ2v) is 3.40. The number of nitrogens with zero attached hydrogens (tertiary/aromatic N) is 1. The van der Waals surface area contributed by atoms with Gasteiger partial charge in [-0.25, -0.2) is 4.98 Å². The fraction of sp³-hybridized carbons (Fsp3) is 0. The molecule has 0 radical (unpaired) electrons. The Bertz CT molecular complexity index is 567. The minimum atomic E-state index is 0.576. The quantitative estimate of drug-likeness (QED) is 0.650. The molecule has 3 rings (SSSR count). The van der Waals surface area contributed by atoms with Gasteiger partial charge in [0.15, 0.2) is 0 Å². The smallest absolute Gasteiger partial charge is 0.229 e. The summed E-state index contributed by atoms with van der Waals surface area (Å²) in [7, 11) is 0. The lowest BCUT2D eigenvalue weighted by Crippen LogP contribution is -1.79. The molecule has 3 aromatic rings. The molecule has 0 N–H and O–H groups in total. The van der Waals surface area contributed by atoms with E-state index in [1.54, 1.807) is 25.0 Å². The van der Waals surface area contributed by atoms with E-state index < -0.39 is 0 Å². The highest BCUT2D eigenvalue weighted by Crippen LogP contribution is 2.31. The molecule has 0 unspecified atom stereocenters. The first-order valence-electron chi connectivity index (χ1n) is 4.96. The van der Waals surface area contributed by atoms with E-state index in [1.165, 1.54) is 0 Å². The van der Waals surface area contributed by atoms with Crippen LogP contribution in [-0.4, -0.2) is 4.98 Å². The lowest BCUT2D eigenvalue weighted by molar-refractivity contribution is 0.557. The third-order valence-electron chi connectivity index (χ3n) is 2.41. The van der Waals surface area contributed by atoms with Crippen LogP contribution in [0.15, 0.2) is 64.2 Å². The van der Waals surface area contributed by atoms with Crippen LogP contribution in [0.5, 0.6) is 0 Å². The lowest BCUT2D eigenvalue weighted by Gasteiger charge is -1.98. The van der Waals surface area contributed by atoms with Crippen molar-refractivity contribution in [1.82, 2.24) is 4.98 Å². The number of hydrogen-bond donors (Lipinski definition) is 0. The topological polar surface area (TPSA) is 39.2 Å². The molecule has 3 heteroatoms. The molecular formula is C13H9NO2. The van der Waals surface area contributed by atoms with Crippen molar-refractivity contribution in [2.75, 3.05) is 0 Å². The number of oxazole rings is 1. The Labute approximate surface area is 92.4 Å². The Morgan fingerprint density at radius 1 is 0.938 bits per heavy atom. The Kier molecular flexibility index (Phi) is 2.07. The molecule has 0 spiro atoms. The Morgan fingerprint density at radius 3 is 2.50 bits per heavy atom. The number of rotatable bonds is 2. The van der Waals surface area contributed by atoms with Crippen molar-refractivity contribution in [3.8, 4) is 22.6 Å². The molecule has 0 aliphatic carbocycles. The van der Waals surface area contributed by atoms with Crippen LogP contribution in [0, 0.1) is 0 Å². The molecule has 78 valence electrons. The number of furan rings is 1. The van der Waals surface area contributed by atoms with Crippen molar-refractivity contribution >= 4 is 0 Å². The third-order valence-corrected chi connectivity index (χ3v) is 2.41. The number of benzene rings is 1. The van der Waals surface area contributed by atoms with Gasteiger partial charge in [-0.15, -0.1) is 0 Å². The molecular weight excluding hydrogens is 202 g/mol. The summed E-state index contributed by atoms with van der Waals surface area (Å²) >= 11 is 0. The maximum atomic E-state index is 5.27. The molecule has 1 aromatic carbocycles. The van der Waals surface area contributed by atoms with Crippen molar-refractivity contribution in [2.45, 2.75) is 0 Å². The zero-order chi connectivity index (χ0) is 10.8. The average molecular weight is 211 g/mol. The minimum absolute atomic E-state index is 0.576. The van der Waals surface area contributed by atoms with E-state index in [9.17, 15) is 0 Å². The van der Waals surface area contributed by atoms with Crippen molar-refractivity contribution in [3.05, 3.63) is 55.3 Å². The maximum absolute atomic E-state index is 5.27. The normalized spacial score (nSPS) is 10.5. The fourth-order valence-electron chi connectivity index (χ4n) is 1.66. The van der Waals surface area contributed by atoms with Gasteiger partial charge in [0.1, 0.15) is 12.5 Å². The Morgan fingerprint density at radius 2 is 1.75 bits per heavy atom. The van der Waals surface area contributed by atoms with Gasteiger partial charge in [0.2, 0.25) is 5.89 Å². The summed E-state index contributed by atoms with van der Waals surface area (Å²) in [5, 5.41) is 0. The SMILES string of the molecule is c1ccc(-c2cocc2-c2ncco2)cc1.